The Hall–Kier alpha value is -3.86. The van der Waals surface area contributed by atoms with E-state index in [0.29, 0.717) is 36.1 Å². The number of aromatic nitrogens is 1. The molecule has 3 aromatic carbocycles. The topological polar surface area (TPSA) is 68.5 Å². The van der Waals surface area contributed by atoms with Crippen LogP contribution < -0.4 is 10.3 Å². The van der Waals surface area contributed by atoms with Crippen LogP contribution in [-0.4, -0.2) is 16.0 Å². The van der Waals surface area contributed by atoms with E-state index in [1.807, 2.05) is 60.7 Å². The van der Waals surface area contributed by atoms with Crippen LogP contribution >= 0.6 is 0 Å². The Kier molecular flexibility index (Phi) is 5.12. The summed E-state index contributed by atoms with van der Waals surface area (Å²) in [5.41, 5.74) is 1.69. The van der Waals surface area contributed by atoms with Crippen LogP contribution in [0.5, 0.6) is 11.5 Å². The molecule has 1 heterocycles. The Labute approximate surface area is 167 Å². The molecule has 0 aliphatic rings. The summed E-state index contributed by atoms with van der Waals surface area (Å²) < 4.78 is 7.33. The first-order chi connectivity index (χ1) is 14.2. The lowest BCUT2D eigenvalue weighted by molar-refractivity contribution is 0.111. The molecule has 4 rings (SSSR count). The first kappa shape index (κ1) is 18.5. The summed E-state index contributed by atoms with van der Waals surface area (Å²) in [7, 11) is 0. The summed E-state index contributed by atoms with van der Waals surface area (Å²) in [5.74, 6) is 0.216. The number of benzene rings is 3. The molecule has 0 bridgehead atoms. The van der Waals surface area contributed by atoms with Gasteiger partial charge in [0.15, 0.2) is 6.29 Å². The van der Waals surface area contributed by atoms with Crippen LogP contribution in [0.4, 0.5) is 0 Å². The van der Waals surface area contributed by atoms with E-state index in [-0.39, 0.29) is 11.3 Å². The maximum atomic E-state index is 12.8. The number of carbonyl (C=O) groups excluding carboxylic acids is 1. The number of ether oxygens (including phenoxy) is 1. The van der Waals surface area contributed by atoms with Crippen molar-refractivity contribution < 1.29 is 14.6 Å². The van der Waals surface area contributed by atoms with Gasteiger partial charge in [0.1, 0.15) is 23.7 Å². The fourth-order valence-electron chi connectivity index (χ4n) is 3.30. The molecule has 0 saturated heterocycles. The van der Waals surface area contributed by atoms with Gasteiger partial charge in [-0.15, -0.1) is 0 Å². The predicted molar refractivity (Wildman–Crippen MR) is 112 cm³/mol. The molecule has 144 valence electrons. The molecule has 29 heavy (non-hydrogen) atoms. The Balaban J connectivity index is 1.77. The number of pyridine rings is 1. The Morgan fingerprint density at radius 2 is 1.55 bits per heavy atom. The maximum absolute atomic E-state index is 12.8. The fourth-order valence-corrected chi connectivity index (χ4v) is 3.30. The second kappa shape index (κ2) is 8.02. The number of aromatic hydroxyl groups is 1. The molecule has 5 nitrogen and oxygen atoms in total. The Morgan fingerprint density at radius 3 is 2.21 bits per heavy atom. The van der Waals surface area contributed by atoms with Gasteiger partial charge in [0.25, 0.3) is 5.56 Å². The second-order valence-corrected chi connectivity index (χ2v) is 6.71. The van der Waals surface area contributed by atoms with Crippen LogP contribution in [0.1, 0.15) is 21.5 Å². The number of hydrogen-bond donors (Lipinski definition) is 1. The van der Waals surface area contributed by atoms with Gasteiger partial charge in [-0.05, 0) is 29.3 Å². The van der Waals surface area contributed by atoms with E-state index in [1.54, 1.807) is 18.2 Å². The lowest BCUT2D eigenvalue weighted by Crippen LogP contribution is -2.24. The monoisotopic (exact) mass is 385 g/mol. The molecule has 1 aromatic heterocycles. The number of aldehydes is 1. The zero-order valence-corrected chi connectivity index (χ0v) is 15.6. The van der Waals surface area contributed by atoms with Crippen molar-refractivity contribution in [3.05, 3.63) is 106 Å². The first-order valence-corrected chi connectivity index (χ1v) is 9.22. The molecular weight excluding hydrogens is 366 g/mol. The summed E-state index contributed by atoms with van der Waals surface area (Å²) in [6.07, 6.45) is 0.399. The van der Waals surface area contributed by atoms with Crippen molar-refractivity contribution in [2.24, 2.45) is 0 Å². The van der Waals surface area contributed by atoms with Crippen LogP contribution in [0.25, 0.3) is 10.9 Å². The van der Waals surface area contributed by atoms with E-state index in [9.17, 15) is 14.7 Å². The number of rotatable bonds is 6. The normalized spacial score (nSPS) is 10.8. The fraction of sp³-hybridized carbons (Fsp3) is 0.0833. The summed E-state index contributed by atoms with van der Waals surface area (Å²) >= 11 is 0. The third-order valence-electron chi connectivity index (χ3n) is 4.79. The quantitative estimate of drug-likeness (QED) is 0.507. The molecule has 4 aromatic rings. The van der Waals surface area contributed by atoms with Crippen molar-refractivity contribution in [1.82, 2.24) is 4.57 Å². The van der Waals surface area contributed by atoms with Crippen LogP contribution in [0.3, 0.4) is 0 Å². The highest BCUT2D eigenvalue weighted by Gasteiger charge is 2.17. The Bertz CT molecular complexity index is 1210. The maximum Gasteiger partial charge on any atom is 0.265 e. The average Bonchev–Trinajstić information content (AvgIpc) is 2.77. The molecule has 0 aliphatic carbocycles. The lowest BCUT2D eigenvalue weighted by Gasteiger charge is -2.15. The van der Waals surface area contributed by atoms with E-state index in [1.165, 1.54) is 4.57 Å². The molecule has 0 fully saturated rings. The largest absolute Gasteiger partial charge is 0.506 e. The van der Waals surface area contributed by atoms with E-state index in [0.717, 1.165) is 11.1 Å². The van der Waals surface area contributed by atoms with Crippen LogP contribution in [-0.2, 0) is 13.2 Å². The van der Waals surface area contributed by atoms with Gasteiger partial charge in [-0.3, -0.25) is 9.59 Å². The van der Waals surface area contributed by atoms with Gasteiger partial charge in [-0.25, -0.2) is 0 Å². The zero-order chi connectivity index (χ0) is 20.2. The molecule has 0 saturated carbocycles. The number of nitrogens with zero attached hydrogens (tertiary/aromatic N) is 1. The molecule has 0 amide bonds. The van der Waals surface area contributed by atoms with Gasteiger partial charge in [0, 0.05) is 5.39 Å². The lowest BCUT2D eigenvalue weighted by atomic mass is 10.1. The minimum atomic E-state index is -0.521. The SMILES string of the molecule is O=Cc1c(O)c2cc(OCc3ccccc3)ccc2n(Cc2ccccc2)c1=O. The van der Waals surface area contributed by atoms with E-state index < -0.39 is 5.56 Å². The van der Waals surface area contributed by atoms with Gasteiger partial charge in [-0.2, -0.15) is 0 Å². The summed E-state index contributed by atoms with van der Waals surface area (Å²) in [6.45, 7) is 0.665. The smallest absolute Gasteiger partial charge is 0.265 e. The summed E-state index contributed by atoms with van der Waals surface area (Å²) in [6, 6.07) is 24.3. The molecule has 1 N–H and O–H groups in total. The minimum absolute atomic E-state index is 0.256. The van der Waals surface area contributed by atoms with Crippen LogP contribution in [0.2, 0.25) is 0 Å². The van der Waals surface area contributed by atoms with Crippen molar-refractivity contribution in [2.45, 2.75) is 13.2 Å². The standard InChI is InChI=1S/C24H19NO4/c26-15-21-23(27)20-13-19(29-16-18-9-5-2-6-10-18)11-12-22(20)25(24(21)28)14-17-7-3-1-4-8-17/h1-13,15,27H,14,16H2. The van der Waals surface area contributed by atoms with Gasteiger partial charge in [-0.1, -0.05) is 60.7 Å². The Morgan fingerprint density at radius 1 is 0.897 bits per heavy atom. The second-order valence-electron chi connectivity index (χ2n) is 6.71. The number of hydrogen-bond acceptors (Lipinski definition) is 4. The van der Waals surface area contributed by atoms with E-state index in [4.69, 9.17) is 4.74 Å². The van der Waals surface area contributed by atoms with Gasteiger partial charge >= 0.3 is 0 Å². The predicted octanol–water partition coefficient (Wildman–Crippen LogP) is 4.15. The third kappa shape index (κ3) is 3.75. The van der Waals surface area contributed by atoms with Crippen molar-refractivity contribution >= 4 is 17.2 Å². The van der Waals surface area contributed by atoms with Crippen molar-refractivity contribution in [1.29, 1.82) is 0 Å². The van der Waals surface area contributed by atoms with Gasteiger partial charge in [0.05, 0.1) is 12.1 Å². The van der Waals surface area contributed by atoms with Gasteiger partial charge < -0.3 is 14.4 Å². The highest BCUT2D eigenvalue weighted by Crippen LogP contribution is 2.30. The molecule has 0 spiro atoms. The highest BCUT2D eigenvalue weighted by atomic mass is 16.5. The molecule has 0 atom stereocenters. The molecular formula is C24H19NO4. The first-order valence-electron chi connectivity index (χ1n) is 9.22. The van der Waals surface area contributed by atoms with Gasteiger partial charge in [0.2, 0.25) is 0 Å². The van der Waals surface area contributed by atoms with Crippen molar-refractivity contribution in [3.63, 3.8) is 0 Å². The molecule has 0 radical (unpaired) electrons. The minimum Gasteiger partial charge on any atom is -0.506 e. The zero-order valence-electron chi connectivity index (χ0n) is 15.6. The third-order valence-corrected chi connectivity index (χ3v) is 4.79. The number of carbonyl (C=O) groups is 1. The molecule has 0 unspecified atom stereocenters. The average molecular weight is 385 g/mol. The highest BCUT2D eigenvalue weighted by molar-refractivity contribution is 5.94. The van der Waals surface area contributed by atoms with E-state index in [2.05, 4.69) is 0 Å². The van der Waals surface area contributed by atoms with Crippen LogP contribution in [0.15, 0.2) is 83.7 Å². The molecule has 5 heteroatoms. The van der Waals surface area contributed by atoms with Crippen molar-refractivity contribution in [3.8, 4) is 11.5 Å². The van der Waals surface area contributed by atoms with E-state index >= 15 is 0 Å². The summed E-state index contributed by atoms with van der Waals surface area (Å²) in [4.78, 5) is 24.3. The molecule has 0 aliphatic heterocycles. The van der Waals surface area contributed by atoms with Crippen LogP contribution in [0, 0.1) is 0 Å². The van der Waals surface area contributed by atoms with Crippen molar-refractivity contribution in [2.75, 3.05) is 0 Å². The summed E-state index contributed by atoms with van der Waals surface area (Å²) in [5, 5.41) is 10.9. The number of fused-ring (bicyclic) bond motifs is 1.